The van der Waals surface area contributed by atoms with E-state index in [9.17, 15) is 9.90 Å². The van der Waals surface area contributed by atoms with Gasteiger partial charge in [-0.25, -0.2) is 5.43 Å². The Balaban J connectivity index is 2.16. The predicted molar refractivity (Wildman–Crippen MR) is 88.8 cm³/mol. The number of aromatic nitrogens is 1. The molecule has 0 aliphatic heterocycles. The summed E-state index contributed by atoms with van der Waals surface area (Å²) in [6.07, 6.45) is 5.06. The summed E-state index contributed by atoms with van der Waals surface area (Å²) >= 11 is 7.39. The fraction of sp³-hybridized carbons (Fsp3) is 0.133. The number of nitrogens with zero attached hydrogens (tertiary/aromatic N) is 2. The van der Waals surface area contributed by atoms with Crippen molar-refractivity contribution in [3.63, 3.8) is 0 Å². The van der Waals surface area contributed by atoms with Crippen molar-refractivity contribution >= 4 is 35.0 Å². The number of hydrogen-bond acceptors (Lipinski definition) is 5. The molecule has 0 spiro atoms. The Morgan fingerprint density at radius 3 is 2.86 bits per heavy atom. The number of hydrazone groups is 1. The lowest BCUT2D eigenvalue weighted by Crippen LogP contribution is -2.19. The third-order valence-electron chi connectivity index (χ3n) is 2.88. The van der Waals surface area contributed by atoms with Crippen molar-refractivity contribution in [2.24, 2.45) is 5.10 Å². The molecule has 2 rings (SSSR count). The second-order valence-electron chi connectivity index (χ2n) is 4.41. The van der Waals surface area contributed by atoms with Crippen LogP contribution in [0.2, 0.25) is 5.02 Å². The number of hydrogen-bond donors (Lipinski definition) is 2. The molecule has 114 valence electrons. The topological polar surface area (TPSA) is 74.6 Å². The highest BCUT2D eigenvalue weighted by molar-refractivity contribution is 7.98. The number of thioether (sulfide) groups is 1. The lowest BCUT2D eigenvalue weighted by molar-refractivity contribution is 0.0954. The molecule has 1 aromatic heterocycles. The zero-order chi connectivity index (χ0) is 16.1. The van der Waals surface area contributed by atoms with Crippen molar-refractivity contribution in [3.05, 3.63) is 52.8 Å². The van der Waals surface area contributed by atoms with Crippen LogP contribution in [0.15, 0.2) is 46.7 Å². The maximum atomic E-state index is 12.0. The maximum absolute atomic E-state index is 12.0. The quantitative estimate of drug-likeness (QED) is 0.510. The summed E-state index contributed by atoms with van der Waals surface area (Å²) in [4.78, 5) is 16.9. The van der Waals surface area contributed by atoms with Gasteiger partial charge in [-0.05, 0) is 37.4 Å². The zero-order valence-electron chi connectivity index (χ0n) is 12.0. The molecule has 2 N–H and O–H groups in total. The number of amides is 1. The van der Waals surface area contributed by atoms with Crippen molar-refractivity contribution in [2.45, 2.75) is 11.8 Å². The Bertz CT molecular complexity index is 734. The van der Waals surface area contributed by atoms with Gasteiger partial charge in [0.15, 0.2) is 0 Å². The van der Waals surface area contributed by atoms with Crippen LogP contribution in [0.1, 0.15) is 22.8 Å². The summed E-state index contributed by atoms with van der Waals surface area (Å²) in [5.41, 5.74) is 3.76. The summed E-state index contributed by atoms with van der Waals surface area (Å²) in [5.74, 6) is -0.324. The Labute approximate surface area is 137 Å². The second-order valence-corrected chi connectivity index (χ2v) is 5.73. The van der Waals surface area contributed by atoms with Crippen molar-refractivity contribution in [1.29, 1.82) is 0 Å². The Morgan fingerprint density at radius 2 is 2.14 bits per heavy atom. The monoisotopic (exact) mass is 335 g/mol. The summed E-state index contributed by atoms with van der Waals surface area (Å²) in [6, 6.07) is 6.36. The number of phenolic OH excluding ortho intramolecular Hbond substituents is 1. The second kappa shape index (κ2) is 7.29. The zero-order valence-corrected chi connectivity index (χ0v) is 13.6. The average Bonchev–Trinajstić information content (AvgIpc) is 2.54. The first-order chi connectivity index (χ1) is 10.5. The third kappa shape index (κ3) is 3.99. The summed E-state index contributed by atoms with van der Waals surface area (Å²) in [7, 11) is 0. The van der Waals surface area contributed by atoms with Crippen LogP contribution >= 0.6 is 23.4 Å². The van der Waals surface area contributed by atoms with E-state index in [1.54, 1.807) is 31.3 Å². The molecule has 0 fully saturated rings. The highest BCUT2D eigenvalue weighted by Crippen LogP contribution is 2.22. The molecule has 2 aromatic rings. The molecule has 0 saturated heterocycles. The molecule has 0 atom stereocenters. The van der Waals surface area contributed by atoms with Gasteiger partial charge in [0.1, 0.15) is 5.75 Å². The maximum Gasteiger partial charge on any atom is 0.272 e. The number of rotatable bonds is 4. The van der Waals surface area contributed by atoms with Gasteiger partial charge in [0.05, 0.1) is 11.3 Å². The fourth-order valence-corrected chi connectivity index (χ4v) is 2.30. The summed E-state index contributed by atoms with van der Waals surface area (Å²) < 4.78 is 0. The summed E-state index contributed by atoms with van der Waals surface area (Å²) in [6.45, 7) is 1.67. The Morgan fingerprint density at radius 1 is 1.36 bits per heavy atom. The molecule has 0 radical (unpaired) electrons. The van der Waals surface area contributed by atoms with Crippen molar-refractivity contribution < 1.29 is 9.90 Å². The fourth-order valence-electron chi connectivity index (χ4n) is 1.71. The molecule has 22 heavy (non-hydrogen) atoms. The van der Waals surface area contributed by atoms with Crippen LogP contribution in [-0.4, -0.2) is 28.0 Å². The minimum absolute atomic E-state index is 0.0472. The minimum Gasteiger partial charge on any atom is -0.507 e. The lowest BCUT2D eigenvalue weighted by Gasteiger charge is -2.06. The number of carbonyl (C=O) groups excluding carboxylic acids is 1. The van der Waals surface area contributed by atoms with Crippen LogP contribution in [0, 0.1) is 0 Å². The van der Waals surface area contributed by atoms with E-state index in [0.717, 1.165) is 4.90 Å². The molecule has 0 aliphatic carbocycles. The molecule has 1 aromatic carbocycles. The van der Waals surface area contributed by atoms with Crippen LogP contribution in [0.3, 0.4) is 0 Å². The van der Waals surface area contributed by atoms with Gasteiger partial charge in [-0.15, -0.1) is 11.8 Å². The number of pyridine rings is 1. The van der Waals surface area contributed by atoms with Gasteiger partial charge < -0.3 is 5.11 Å². The number of phenols is 1. The Kier molecular flexibility index (Phi) is 5.41. The molecule has 5 nitrogen and oxygen atoms in total. The van der Waals surface area contributed by atoms with E-state index >= 15 is 0 Å². The van der Waals surface area contributed by atoms with Gasteiger partial charge in [-0.3, -0.25) is 9.78 Å². The van der Waals surface area contributed by atoms with Gasteiger partial charge in [0, 0.05) is 27.9 Å². The van der Waals surface area contributed by atoms with E-state index in [1.165, 1.54) is 24.0 Å². The standard InChI is InChI=1S/C15H14ClN3O2S/c1-9(13-6-11(16)3-4-14(13)20)18-19-15(21)10-5-12(22-2)8-17-7-10/h3-8,20H,1-2H3,(H,19,21)/b18-9+. The number of carbonyl (C=O) groups is 1. The Hall–Kier alpha value is -2.05. The first-order valence-corrected chi connectivity index (χ1v) is 7.94. The SMILES string of the molecule is CSc1cncc(C(=O)N/N=C(\C)c2cc(Cl)ccc2O)c1. The number of nitrogens with one attached hydrogen (secondary N) is 1. The van der Waals surface area contributed by atoms with E-state index in [2.05, 4.69) is 15.5 Å². The van der Waals surface area contributed by atoms with Gasteiger partial charge in [0.2, 0.25) is 0 Å². The highest BCUT2D eigenvalue weighted by atomic mass is 35.5. The molecule has 0 aliphatic rings. The molecular weight excluding hydrogens is 322 g/mol. The van der Waals surface area contributed by atoms with E-state index in [0.29, 0.717) is 21.9 Å². The largest absolute Gasteiger partial charge is 0.507 e. The van der Waals surface area contributed by atoms with Gasteiger partial charge in [-0.2, -0.15) is 5.10 Å². The first-order valence-electron chi connectivity index (χ1n) is 6.34. The van der Waals surface area contributed by atoms with Crippen molar-refractivity contribution in [1.82, 2.24) is 10.4 Å². The lowest BCUT2D eigenvalue weighted by atomic mass is 10.1. The van der Waals surface area contributed by atoms with Crippen molar-refractivity contribution in [2.75, 3.05) is 6.26 Å². The molecular formula is C15H14ClN3O2S. The summed E-state index contributed by atoms with van der Waals surface area (Å²) in [5, 5.41) is 14.3. The van der Waals surface area contributed by atoms with Crippen LogP contribution in [0.5, 0.6) is 5.75 Å². The first kappa shape index (κ1) is 16.3. The van der Waals surface area contributed by atoms with Crippen LogP contribution in [0.4, 0.5) is 0 Å². The number of aromatic hydroxyl groups is 1. The molecule has 0 bridgehead atoms. The van der Waals surface area contributed by atoms with Gasteiger partial charge in [0.25, 0.3) is 5.91 Å². The van der Waals surface area contributed by atoms with Crippen molar-refractivity contribution in [3.8, 4) is 5.75 Å². The van der Waals surface area contributed by atoms with Crippen LogP contribution in [0.25, 0.3) is 0 Å². The smallest absolute Gasteiger partial charge is 0.272 e. The number of halogens is 1. The number of benzene rings is 1. The molecule has 1 heterocycles. The molecule has 7 heteroatoms. The van der Waals surface area contributed by atoms with E-state index in [4.69, 9.17) is 11.6 Å². The van der Waals surface area contributed by atoms with E-state index in [-0.39, 0.29) is 11.7 Å². The highest BCUT2D eigenvalue weighted by Gasteiger charge is 2.09. The van der Waals surface area contributed by atoms with Crippen LogP contribution in [-0.2, 0) is 0 Å². The predicted octanol–water partition coefficient (Wildman–Crippen LogP) is 3.32. The molecule has 1 amide bonds. The van der Waals surface area contributed by atoms with Gasteiger partial charge >= 0.3 is 0 Å². The van der Waals surface area contributed by atoms with Crippen LogP contribution < -0.4 is 5.43 Å². The normalized spacial score (nSPS) is 11.3. The molecule has 0 saturated carbocycles. The third-order valence-corrected chi connectivity index (χ3v) is 3.81. The minimum atomic E-state index is -0.371. The molecule has 0 unspecified atom stereocenters. The average molecular weight is 336 g/mol. The van der Waals surface area contributed by atoms with Gasteiger partial charge in [-0.1, -0.05) is 11.6 Å². The van der Waals surface area contributed by atoms with E-state index in [1.807, 2.05) is 6.26 Å². The van der Waals surface area contributed by atoms with E-state index < -0.39 is 0 Å².